The number of piperazine rings is 1. The Bertz CT molecular complexity index is 600. The van der Waals surface area contributed by atoms with Crippen LogP contribution in [0.1, 0.15) is 38.5 Å². The highest BCUT2D eigenvalue weighted by molar-refractivity contribution is 5.78. The first-order chi connectivity index (χ1) is 12.7. The SMILES string of the molecule is O=C1CC=C(N2CCC(OC(=O)N3CCN(C4CCC4)CC3)CC2)N=N1. The molecule has 0 radical (unpaired) electrons. The third-order valence-electron chi connectivity index (χ3n) is 5.92. The zero-order valence-corrected chi connectivity index (χ0v) is 15.2. The molecule has 1 aliphatic carbocycles. The van der Waals surface area contributed by atoms with Gasteiger partial charge in [-0.1, -0.05) is 6.42 Å². The van der Waals surface area contributed by atoms with Crippen LogP contribution in [0, 0.1) is 0 Å². The van der Waals surface area contributed by atoms with E-state index in [2.05, 4.69) is 20.0 Å². The second kappa shape index (κ2) is 7.73. The molecule has 0 atom stereocenters. The van der Waals surface area contributed by atoms with Crippen molar-refractivity contribution in [3.63, 3.8) is 0 Å². The molecule has 0 spiro atoms. The Labute approximate surface area is 153 Å². The highest BCUT2D eigenvalue weighted by Crippen LogP contribution is 2.26. The van der Waals surface area contributed by atoms with Gasteiger partial charge >= 0.3 is 6.09 Å². The normalized spacial score (nSPS) is 25.8. The number of azo groups is 1. The number of hydrogen-bond acceptors (Lipinski definition) is 6. The minimum Gasteiger partial charge on any atom is -0.446 e. The van der Waals surface area contributed by atoms with E-state index in [1.165, 1.54) is 19.3 Å². The first-order valence-electron chi connectivity index (χ1n) is 9.78. The van der Waals surface area contributed by atoms with Gasteiger partial charge in [0, 0.05) is 58.2 Å². The fourth-order valence-electron chi connectivity index (χ4n) is 4.00. The predicted molar refractivity (Wildman–Crippen MR) is 94.4 cm³/mol. The minimum atomic E-state index is -0.199. The lowest BCUT2D eigenvalue weighted by Gasteiger charge is -2.43. The van der Waals surface area contributed by atoms with Gasteiger partial charge in [0.15, 0.2) is 0 Å². The van der Waals surface area contributed by atoms with Crippen molar-refractivity contribution in [1.82, 2.24) is 14.7 Å². The molecule has 2 saturated heterocycles. The molecule has 4 aliphatic rings. The van der Waals surface area contributed by atoms with E-state index in [9.17, 15) is 9.59 Å². The smallest absolute Gasteiger partial charge is 0.410 e. The number of carbonyl (C=O) groups is 2. The molecule has 0 aromatic rings. The van der Waals surface area contributed by atoms with Crippen LogP contribution >= 0.6 is 0 Å². The Morgan fingerprint density at radius 3 is 2.31 bits per heavy atom. The van der Waals surface area contributed by atoms with Crippen molar-refractivity contribution in [2.75, 3.05) is 39.3 Å². The summed E-state index contributed by atoms with van der Waals surface area (Å²) in [6, 6.07) is 0.749. The van der Waals surface area contributed by atoms with Crippen molar-refractivity contribution in [1.29, 1.82) is 0 Å². The summed E-state index contributed by atoms with van der Waals surface area (Å²) >= 11 is 0. The molecule has 142 valence electrons. The van der Waals surface area contributed by atoms with Crippen LogP contribution < -0.4 is 0 Å². The monoisotopic (exact) mass is 361 g/mol. The van der Waals surface area contributed by atoms with Crippen molar-refractivity contribution >= 4 is 12.0 Å². The van der Waals surface area contributed by atoms with E-state index in [4.69, 9.17) is 4.74 Å². The van der Waals surface area contributed by atoms with E-state index < -0.39 is 0 Å². The fraction of sp³-hybridized carbons (Fsp3) is 0.778. The Morgan fingerprint density at radius 2 is 1.73 bits per heavy atom. The molecular weight excluding hydrogens is 334 g/mol. The van der Waals surface area contributed by atoms with Gasteiger partial charge in [0.25, 0.3) is 5.91 Å². The Hall–Kier alpha value is -1.96. The van der Waals surface area contributed by atoms with E-state index >= 15 is 0 Å². The lowest BCUT2D eigenvalue weighted by atomic mass is 9.91. The number of amides is 2. The molecule has 3 aliphatic heterocycles. The van der Waals surface area contributed by atoms with Gasteiger partial charge in [-0.3, -0.25) is 9.69 Å². The maximum Gasteiger partial charge on any atom is 0.410 e. The maximum atomic E-state index is 12.4. The number of hydrogen-bond donors (Lipinski definition) is 0. The number of piperidine rings is 1. The molecule has 3 fully saturated rings. The minimum absolute atomic E-state index is 0.0360. The molecule has 0 N–H and O–H groups in total. The Kier molecular flexibility index (Phi) is 5.19. The van der Waals surface area contributed by atoms with E-state index in [0.717, 1.165) is 64.0 Å². The summed E-state index contributed by atoms with van der Waals surface area (Å²) in [6.07, 6.45) is 7.48. The molecule has 1 saturated carbocycles. The molecule has 0 aromatic carbocycles. The first kappa shape index (κ1) is 17.5. The maximum absolute atomic E-state index is 12.4. The summed E-state index contributed by atoms with van der Waals surface area (Å²) in [5.41, 5.74) is 0. The average Bonchev–Trinajstić information content (AvgIpc) is 2.62. The number of likely N-dealkylation sites (tertiary alicyclic amines) is 1. The van der Waals surface area contributed by atoms with Crippen LogP contribution in [0.4, 0.5) is 4.79 Å². The molecule has 8 nitrogen and oxygen atoms in total. The summed E-state index contributed by atoms with van der Waals surface area (Å²) in [7, 11) is 0. The average molecular weight is 361 g/mol. The van der Waals surface area contributed by atoms with Crippen LogP contribution in [0.15, 0.2) is 22.1 Å². The molecule has 3 heterocycles. The van der Waals surface area contributed by atoms with Crippen molar-refractivity contribution in [2.24, 2.45) is 10.2 Å². The van der Waals surface area contributed by atoms with Crippen molar-refractivity contribution in [2.45, 2.75) is 50.7 Å². The van der Waals surface area contributed by atoms with Gasteiger partial charge in [0.2, 0.25) is 0 Å². The molecular formula is C18H27N5O3. The summed E-state index contributed by atoms with van der Waals surface area (Å²) < 4.78 is 5.73. The highest BCUT2D eigenvalue weighted by atomic mass is 16.6. The topological polar surface area (TPSA) is 77.8 Å². The van der Waals surface area contributed by atoms with Gasteiger partial charge in [0.1, 0.15) is 11.9 Å². The van der Waals surface area contributed by atoms with Crippen LogP contribution in [0.5, 0.6) is 0 Å². The van der Waals surface area contributed by atoms with Gasteiger partial charge in [-0.25, -0.2) is 4.79 Å². The molecule has 2 amide bonds. The van der Waals surface area contributed by atoms with Gasteiger partial charge in [-0.05, 0) is 18.9 Å². The standard InChI is InChI=1S/C18H27N5O3/c24-17-5-4-16(19-20-17)22-8-6-15(7-9-22)26-18(25)23-12-10-21(11-13-23)14-2-1-3-14/h4,14-15H,1-3,5-13H2. The van der Waals surface area contributed by atoms with Crippen LogP contribution in [-0.4, -0.2) is 78.1 Å². The zero-order chi connectivity index (χ0) is 17.9. The van der Waals surface area contributed by atoms with Gasteiger partial charge in [-0.15, -0.1) is 10.2 Å². The van der Waals surface area contributed by atoms with Crippen molar-refractivity contribution in [3.05, 3.63) is 11.9 Å². The number of ether oxygens (including phenoxy) is 1. The van der Waals surface area contributed by atoms with Gasteiger partial charge in [-0.2, -0.15) is 0 Å². The second-order valence-corrected chi connectivity index (χ2v) is 7.54. The van der Waals surface area contributed by atoms with E-state index in [1.807, 2.05) is 11.0 Å². The number of rotatable bonds is 3. The van der Waals surface area contributed by atoms with E-state index in [-0.39, 0.29) is 18.1 Å². The summed E-state index contributed by atoms with van der Waals surface area (Å²) in [4.78, 5) is 30.0. The van der Waals surface area contributed by atoms with Crippen LogP contribution in [0.2, 0.25) is 0 Å². The molecule has 26 heavy (non-hydrogen) atoms. The van der Waals surface area contributed by atoms with Crippen molar-refractivity contribution < 1.29 is 14.3 Å². The highest BCUT2D eigenvalue weighted by Gasteiger charge is 2.31. The largest absolute Gasteiger partial charge is 0.446 e. The van der Waals surface area contributed by atoms with Crippen LogP contribution in [0.25, 0.3) is 0 Å². The van der Waals surface area contributed by atoms with Crippen LogP contribution in [-0.2, 0) is 9.53 Å². The molecule has 0 unspecified atom stereocenters. The Morgan fingerprint density at radius 1 is 1.00 bits per heavy atom. The lowest BCUT2D eigenvalue weighted by molar-refractivity contribution is -0.117. The number of nitrogens with zero attached hydrogens (tertiary/aromatic N) is 5. The number of carbonyl (C=O) groups excluding carboxylic acids is 2. The summed E-state index contributed by atoms with van der Waals surface area (Å²) in [5.74, 6) is 0.566. The first-order valence-corrected chi connectivity index (χ1v) is 9.78. The van der Waals surface area contributed by atoms with Gasteiger partial charge < -0.3 is 14.5 Å². The molecule has 0 bridgehead atoms. The zero-order valence-electron chi connectivity index (χ0n) is 15.2. The lowest BCUT2D eigenvalue weighted by Crippen LogP contribution is -2.54. The van der Waals surface area contributed by atoms with E-state index in [1.54, 1.807) is 0 Å². The van der Waals surface area contributed by atoms with E-state index in [0.29, 0.717) is 6.42 Å². The van der Waals surface area contributed by atoms with Crippen molar-refractivity contribution in [3.8, 4) is 0 Å². The molecule has 0 aromatic heterocycles. The summed E-state index contributed by atoms with van der Waals surface area (Å²) in [5, 5.41) is 7.59. The molecule has 8 heteroatoms. The Balaban J connectivity index is 1.19. The van der Waals surface area contributed by atoms with Crippen LogP contribution in [0.3, 0.4) is 0 Å². The third-order valence-corrected chi connectivity index (χ3v) is 5.92. The second-order valence-electron chi connectivity index (χ2n) is 7.54. The predicted octanol–water partition coefficient (Wildman–Crippen LogP) is 1.98. The molecule has 4 rings (SSSR count). The summed E-state index contributed by atoms with van der Waals surface area (Å²) in [6.45, 7) is 5.02. The third kappa shape index (κ3) is 3.90. The van der Waals surface area contributed by atoms with Gasteiger partial charge in [0.05, 0.1) is 6.42 Å². The fourth-order valence-corrected chi connectivity index (χ4v) is 4.00. The quantitative estimate of drug-likeness (QED) is 0.768.